The van der Waals surface area contributed by atoms with E-state index in [0.717, 1.165) is 22.1 Å². The molecule has 4 nitrogen and oxygen atoms in total. The minimum absolute atomic E-state index is 0.0694. The Balaban J connectivity index is 1.90. The van der Waals surface area contributed by atoms with Gasteiger partial charge in [-0.15, -0.1) is 11.3 Å². The highest BCUT2D eigenvalue weighted by Gasteiger charge is 2.46. The summed E-state index contributed by atoms with van der Waals surface area (Å²) in [6.45, 7) is 1.98. The highest BCUT2D eigenvalue weighted by atomic mass is 32.1. The van der Waals surface area contributed by atoms with Crippen molar-refractivity contribution in [1.29, 1.82) is 0 Å². The molecule has 2 aromatic rings. The number of carboxylic acid groups (broad SMARTS) is 1. The maximum Gasteiger partial charge on any atom is 0.307 e. The van der Waals surface area contributed by atoms with Crippen LogP contribution in [0.25, 0.3) is 10.6 Å². The third-order valence-electron chi connectivity index (χ3n) is 3.12. The fourth-order valence-corrected chi connectivity index (χ4v) is 2.85. The van der Waals surface area contributed by atoms with E-state index < -0.39 is 5.97 Å². The second-order valence-electron chi connectivity index (χ2n) is 4.36. The van der Waals surface area contributed by atoms with Crippen molar-refractivity contribution in [3.8, 4) is 10.6 Å². The standard InChI is InChI=1S/C12H12N2O2S/c1-6-10(9-3-2-4-17-9)14-11(13-6)7-5-8(7)12(15)16/h2-4,7-8H,5H2,1H3,(H,13,14)(H,15,16). The summed E-state index contributed by atoms with van der Waals surface area (Å²) in [7, 11) is 0. The van der Waals surface area contributed by atoms with E-state index in [0.29, 0.717) is 6.42 Å². The molecule has 17 heavy (non-hydrogen) atoms. The molecule has 2 heterocycles. The number of nitrogens with one attached hydrogen (secondary N) is 1. The van der Waals surface area contributed by atoms with Crippen LogP contribution in [0.4, 0.5) is 0 Å². The van der Waals surface area contributed by atoms with Crippen molar-refractivity contribution in [1.82, 2.24) is 9.97 Å². The molecule has 0 spiro atoms. The lowest BCUT2D eigenvalue weighted by atomic mass is 10.3. The first-order valence-corrected chi connectivity index (χ1v) is 6.38. The van der Waals surface area contributed by atoms with Crippen molar-refractivity contribution < 1.29 is 9.90 Å². The third kappa shape index (κ3) is 1.76. The summed E-state index contributed by atoms with van der Waals surface area (Å²) in [4.78, 5) is 19.7. The predicted molar refractivity (Wildman–Crippen MR) is 65.1 cm³/mol. The van der Waals surface area contributed by atoms with Crippen LogP contribution in [-0.4, -0.2) is 21.0 Å². The first kappa shape index (κ1) is 10.5. The van der Waals surface area contributed by atoms with E-state index >= 15 is 0 Å². The summed E-state index contributed by atoms with van der Waals surface area (Å²) < 4.78 is 0. The van der Waals surface area contributed by atoms with E-state index in [4.69, 9.17) is 5.11 Å². The van der Waals surface area contributed by atoms with E-state index in [-0.39, 0.29) is 11.8 Å². The molecular formula is C12H12N2O2S. The number of carbonyl (C=O) groups is 1. The number of aromatic nitrogens is 2. The zero-order chi connectivity index (χ0) is 12.0. The Bertz CT molecular complexity index is 559. The Labute approximate surface area is 102 Å². The molecule has 0 aromatic carbocycles. The molecule has 1 fully saturated rings. The van der Waals surface area contributed by atoms with Gasteiger partial charge in [0.15, 0.2) is 0 Å². The van der Waals surface area contributed by atoms with Gasteiger partial charge in [-0.3, -0.25) is 4.79 Å². The van der Waals surface area contributed by atoms with E-state index in [2.05, 4.69) is 9.97 Å². The molecule has 0 radical (unpaired) electrons. The van der Waals surface area contributed by atoms with Crippen molar-refractivity contribution in [2.45, 2.75) is 19.3 Å². The zero-order valence-electron chi connectivity index (χ0n) is 9.30. The van der Waals surface area contributed by atoms with Crippen LogP contribution in [-0.2, 0) is 4.79 Å². The molecule has 0 amide bonds. The van der Waals surface area contributed by atoms with Crippen LogP contribution >= 0.6 is 11.3 Å². The average molecular weight is 248 g/mol. The van der Waals surface area contributed by atoms with Gasteiger partial charge < -0.3 is 10.1 Å². The number of aryl methyl sites for hydroxylation is 1. The minimum Gasteiger partial charge on any atom is -0.481 e. The molecule has 0 saturated heterocycles. The number of H-pyrrole nitrogens is 1. The van der Waals surface area contributed by atoms with Gasteiger partial charge in [0, 0.05) is 11.6 Å². The molecule has 2 atom stereocenters. The second kappa shape index (κ2) is 3.70. The maximum atomic E-state index is 10.8. The summed E-state index contributed by atoms with van der Waals surface area (Å²) in [5, 5.41) is 10.9. The zero-order valence-corrected chi connectivity index (χ0v) is 10.1. The Morgan fingerprint density at radius 2 is 2.47 bits per heavy atom. The van der Waals surface area contributed by atoms with Gasteiger partial charge in [-0.1, -0.05) is 6.07 Å². The molecule has 88 valence electrons. The number of thiophene rings is 1. The normalized spacial score (nSPS) is 22.6. The number of aliphatic carboxylic acids is 1. The molecular weight excluding hydrogens is 236 g/mol. The van der Waals surface area contributed by atoms with Gasteiger partial charge in [0.1, 0.15) is 11.5 Å². The summed E-state index contributed by atoms with van der Waals surface area (Å²) in [5.74, 6) is -0.0864. The summed E-state index contributed by atoms with van der Waals surface area (Å²) in [6, 6.07) is 4.02. The lowest BCUT2D eigenvalue weighted by Crippen LogP contribution is -1.99. The second-order valence-corrected chi connectivity index (χ2v) is 5.31. The summed E-state index contributed by atoms with van der Waals surface area (Å²) >= 11 is 1.64. The first-order chi connectivity index (χ1) is 8.16. The van der Waals surface area contributed by atoms with Gasteiger partial charge in [-0.05, 0) is 24.8 Å². The lowest BCUT2D eigenvalue weighted by molar-refractivity contribution is -0.138. The SMILES string of the molecule is Cc1[nH]c(C2CC2C(=O)O)nc1-c1cccs1. The van der Waals surface area contributed by atoms with Crippen LogP contribution < -0.4 is 0 Å². The third-order valence-corrected chi connectivity index (χ3v) is 3.99. The van der Waals surface area contributed by atoms with Crippen molar-refractivity contribution in [2.75, 3.05) is 0 Å². The van der Waals surface area contributed by atoms with E-state index in [1.807, 2.05) is 24.4 Å². The number of rotatable bonds is 3. The Hall–Kier alpha value is -1.62. The fraction of sp³-hybridized carbons (Fsp3) is 0.333. The Morgan fingerprint density at radius 3 is 3.06 bits per heavy atom. The molecule has 0 aliphatic heterocycles. The van der Waals surface area contributed by atoms with E-state index in [1.54, 1.807) is 11.3 Å². The van der Waals surface area contributed by atoms with Gasteiger partial charge in [-0.2, -0.15) is 0 Å². The van der Waals surface area contributed by atoms with Crippen LogP contribution in [0.2, 0.25) is 0 Å². The van der Waals surface area contributed by atoms with Gasteiger partial charge in [0.05, 0.1) is 10.8 Å². The van der Waals surface area contributed by atoms with Gasteiger partial charge in [0.25, 0.3) is 0 Å². The molecule has 2 unspecified atom stereocenters. The molecule has 1 saturated carbocycles. The molecule has 3 rings (SSSR count). The largest absolute Gasteiger partial charge is 0.481 e. The maximum absolute atomic E-state index is 10.8. The lowest BCUT2D eigenvalue weighted by Gasteiger charge is -1.91. The van der Waals surface area contributed by atoms with Gasteiger partial charge in [0.2, 0.25) is 0 Å². The average Bonchev–Trinajstić information content (AvgIpc) is 2.74. The number of aromatic amines is 1. The van der Waals surface area contributed by atoms with Crippen LogP contribution in [0, 0.1) is 12.8 Å². The highest BCUT2D eigenvalue weighted by Crippen LogP contribution is 2.47. The van der Waals surface area contributed by atoms with E-state index in [1.165, 1.54) is 0 Å². The number of hydrogen-bond donors (Lipinski definition) is 2. The highest BCUT2D eigenvalue weighted by molar-refractivity contribution is 7.13. The molecule has 1 aliphatic carbocycles. The number of carboxylic acids is 1. The van der Waals surface area contributed by atoms with Crippen LogP contribution in [0.5, 0.6) is 0 Å². The Morgan fingerprint density at radius 1 is 1.65 bits per heavy atom. The fourth-order valence-electron chi connectivity index (χ4n) is 2.08. The molecule has 0 bridgehead atoms. The van der Waals surface area contributed by atoms with Crippen molar-refractivity contribution in [2.24, 2.45) is 5.92 Å². The van der Waals surface area contributed by atoms with Gasteiger partial charge in [-0.25, -0.2) is 4.98 Å². The van der Waals surface area contributed by atoms with E-state index in [9.17, 15) is 4.79 Å². The number of imidazole rings is 1. The molecule has 1 aliphatic rings. The van der Waals surface area contributed by atoms with Crippen LogP contribution in [0.3, 0.4) is 0 Å². The summed E-state index contributed by atoms with van der Waals surface area (Å²) in [5.41, 5.74) is 1.96. The van der Waals surface area contributed by atoms with Crippen LogP contribution in [0.15, 0.2) is 17.5 Å². The quantitative estimate of drug-likeness (QED) is 0.877. The molecule has 2 N–H and O–H groups in total. The number of nitrogens with zero attached hydrogens (tertiary/aromatic N) is 1. The molecule has 2 aromatic heterocycles. The van der Waals surface area contributed by atoms with Gasteiger partial charge >= 0.3 is 5.97 Å². The van der Waals surface area contributed by atoms with Crippen molar-refractivity contribution >= 4 is 17.3 Å². The smallest absolute Gasteiger partial charge is 0.307 e. The number of hydrogen-bond acceptors (Lipinski definition) is 3. The minimum atomic E-state index is -0.721. The summed E-state index contributed by atoms with van der Waals surface area (Å²) in [6.07, 6.45) is 0.701. The molecule has 5 heteroatoms. The van der Waals surface area contributed by atoms with Crippen molar-refractivity contribution in [3.05, 3.63) is 29.0 Å². The topological polar surface area (TPSA) is 66.0 Å². The Kier molecular flexibility index (Phi) is 2.29. The monoisotopic (exact) mass is 248 g/mol. The van der Waals surface area contributed by atoms with Crippen molar-refractivity contribution in [3.63, 3.8) is 0 Å². The van der Waals surface area contributed by atoms with Crippen LogP contribution in [0.1, 0.15) is 23.9 Å². The first-order valence-electron chi connectivity index (χ1n) is 5.50. The predicted octanol–water partition coefficient (Wildman–Crippen LogP) is 2.63.